The normalized spacial score (nSPS) is 27.6. The zero-order chi connectivity index (χ0) is 12.8. The summed E-state index contributed by atoms with van der Waals surface area (Å²) in [6.45, 7) is 0. The summed E-state index contributed by atoms with van der Waals surface area (Å²) < 4.78 is 0. The van der Waals surface area contributed by atoms with E-state index >= 15 is 0 Å². The monoisotopic (exact) mass is 242 g/mol. The van der Waals surface area contributed by atoms with Crippen molar-refractivity contribution < 1.29 is 14.7 Å². The van der Waals surface area contributed by atoms with E-state index in [1.54, 1.807) is 0 Å². The van der Waals surface area contributed by atoms with Gasteiger partial charge in [0.05, 0.1) is 6.04 Å². The quantitative estimate of drug-likeness (QED) is 0.667. The molecular weight excluding hydrogens is 220 g/mol. The second-order valence-electron chi connectivity index (χ2n) is 4.84. The Labute approximate surface area is 102 Å². The van der Waals surface area contributed by atoms with Gasteiger partial charge in [-0.3, -0.25) is 9.69 Å². The van der Waals surface area contributed by atoms with Crippen molar-refractivity contribution in [2.75, 3.05) is 7.05 Å². The van der Waals surface area contributed by atoms with Crippen LogP contribution in [-0.2, 0) is 9.59 Å². The molecule has 1 unspecified atom stereocenters. The lowest BCUT2D eigenvalue weighted by atomic mass is 9.92. The van der Waals surface area contributed by atoms with Gasteiger partial charge in [-0.2, -0.15) is 0 Å². The highest BCUT2D eigenvalue weighted by atomic mass is 16.4. The molecule has 0 aromatic carbocycles. The lowest BCUT2D eigenvalue weighted by Crippen LogP contribution is -2.48. The molecule has 17 heavy (non-hydrogen) atoms. The number of aldehydes is 1. The third kappa shape index (κ3) is 4.09. The smallest absolute Gasteiger partial charge is 0.320 e. The Morgan fingerprint density at radius 1 is 1.59 bits per heavy atom. The van der Waals surface area contributed by atoms with E-state index in [4.69, 9.17) is 10.8 Å². The van der Waals surface area contributed by atoms with Gasteiger partial charge in [0.2, 0.25) is 0 Å². The minimum atomic E-state index is -0.734. The van der Waals surface area contributed by atoms with Crippen LogP contribution >= 0.6 is 0 Å². The number of likely N-dealkylation sites (tertiary alicyclic amines) is 1. The standard InChI is InChI=1S/C12H22N2O3/c1-14-10(5-2-4-9(13)8-15)6-3-7-11(14)12(16)17/h8-11H,2-7,13H2,1H3,(H,16,17)/t9-,10?,11-/m0/s1. The number of carbonyl (C=O) groups excluding carboxylic acids is 1. The van der Waals surface area contributed by atoms with Crippen LogP contribution in [0, 0.1) is 0 Å². The van der Waals surface area contributed by atoms with Gasteiger partial charge >= 0.3 is 5.97 Å². The van der Waals surface area contributed by atoms with E-state index in [1.807, 2.05) is 11.9 Å². The van der Waals surface area contributed by atoms with Crippen LogP contribution < -0.4 is 5.73 Å². The van der Waals surface area contributed by atoms with Crippen molar-refractivity contribution >= 4 is 12.3 Å². The molecule has 98 valence electrons. The number of likely N-dealkylation sites (N-methyl/N-ethyl adjacent to an activating group) is 1. The van der Waals surface area contributed by atoms with Crippen molar-refractivity contribution in [2.24, 2.45) is 5.73 Å². The molecule has 5 nitrogen and oxygen atoms in total. The topological polar surface area (TPSA) is 83.6 Å². The van der Waals surface area contributed by atoms with Gasteiger partial charge in [0, 0.05) is 6.04 Å². The Kier molecular flexibility index (Phi) is 5.58. The summed E-state index contributed by atoms with van der Waals surface area (Å²) in [5, 5.41) is 9.07. The number of aliphatic carboxylic acids is 1. The first-order valence-electron chi connectivity index (χ1n) is 6.22. The molecular formula is C12H22N2O3. The summed E-state index contributed by atoms with van der Waals surface area (Å²) in [6, 6.07) is -0.420. The molecule has 0 radical (unpaired) electrons. The predicted molar refractivity (Wildman–Crippen MR) is 64.7 cm³/mol. The summed E-state index contributed by atoms with van der Waals surface area (Å²) in [4.78, 5) is 23.4. The van der Waals surface area contributed by atoms with E-state index in [1.165, 1.54) is 0 Å². The molecule has 0 saturated carbocycles. The van der Waals surface area contributed by atoms with Gasteiger partial charge in [-0.05, 0) is 45.6 Å². The maximum atomic E-state index is 11.0. The Hall–Kier alpha value is -0.940. The number of nitrogens with two attached hydrogens (primary N) is 1. The van der Waals surface area contributed by atoms with Gasteiger partial charge in [-0.15, -0.1) is 0 Å². The molecule has 1 rings (SSSR count). The van der Waals surface area contributed by atoms with Crippen LogP contribution in [-0.4, -0.2) is 47.4 Å². The van der Waals surface area contributed by atoms with E-state index in [2.05, 4.69) is 0 Å². The number of nitrogens with zero attached hydrogens (tertiary/aromatic N) is 1. The van der Waals surface area contributed by atoms with E-state index in [9.17, 15) is 9.59 Å². The van der Waals surface area contributed by atoms with Crippen LogP contribution in [0.2, 0.25) is 0 Å². The van der Waals surface area contributed by atoms with E-state index in [0.717, 1.165) is 38.4 Å². The summed E-state index contributed by atoms with van der Waals surface area (Å²) in [5.74, 6) is -0.734. The number of hydrogen-bond acceptors (Lipinski definition) is 4. The predicted octanol–water partition coefficient (Wildman–Crippen LogP) is 0.620. The van der Waals surface area contributed by atoms with Crippen LogP contribution in [0.15, 0.2) is 0 Å². The summed E-state index contributed by atoms with van der Waals surface area (Å²) in [7, 11) is 1.88. The zero-order valence-electron chi connectivity index (χ0n) is 10.3. The average Bonchev–Trinajstić information content (AvgIpc) is 2.30. The first kappa shape index (κ1) is 14.1. The molecule has 0 aromatic rings. The molecule has 0 bridgehead atoms. The van der Waals surface area contributed by atoms with Crippen molar-refractivity contribution in [3.63, 3.8) is 0 Å². The van der Waals surface area contributed by atoms with Gasteiger partial charge in [0.15, 0.2) is 0 Å². The molecule has 1 aliphatic rings. The van der Waals surface area contributed by atoms with Crippen LogP contribution in [0.4, 0.5) is 0 Å². The van der Waals surface area contributed by atoms with Crippen LogP contribution in [0.25, 0.3) is 0 Å². The van der Waals surface area contributed by atoms with E-state index in [-0.39, 0.29) is 12.1 Å². The van der Waals surface area contributed by atoms with Crippen LogP contribution in [0.3, 0.4) is 0 Å². The number of piperidine rings is 1. The molecule has 3 atom stereocenters. The number of carboxylic acids is 1. The SMILES string of the molecule is CN1C(CCC[C@H](N)C=O)CCC[C@H]1C(=O)O. The third-order valence-electron chi connectivity index (χ3n) is 3.62. The molecule has 1 heterocycles. The first-order valence-corrected chi connectivity index (χ1v) is 6.22. The largest absolute Gasteiger partial charge is 0.480 e. The molecule has 0 spiro atoms. The molecule has 1 saturated heterocycles. The molecule has 0 amide bonds. The fourth-order valence-corrected chi connectivity index (χ4v) is 2.51. The lowest BCUT2D eigenvalue weighted by Gasteiger charge is -2.37. The molecule has 5 heteroatoms. The Morgan fingerprint density at radius 2 is 2.29 bits per heavy atom. The Morgan fingerprint density at radius 3 is 2.88 bits per heavy atom. The average molecular weight is 242 g/mol. The van der Waals surface area contributed by atoms with Crippen molar-refractivity contribution in [1.82, 2.24) is 4.90 Å². The van der Waals surface area contributed by atoms with Gasteiger partial charge in [0.25, 0.3) is 0 Å². The Bertz CT molecular complexity index is 270. The first-order chi connectivity index (χ1) is 8.06. The van der Waals surface area contributed by atoms with Crippen molar-refractivity contribution in [1.29, 1.82) is 0 Å². The van der Waals surface area contributed by atoms with Gasteiger partial charge < -0.3 is 15.6 Å². The highest BCUT2D eigenvalue weighted by molar-refractivity contribution is 5.73. The second kappa shape index (κ2) is 6.71. The summed E-state index contributed by atoms with van der Waals surface area (Å²) >= 11 is 0. The number of rotatable bonds is 6. The van der Waals surface area contributed by atoms with E-state index < -0.39 is 5.97 Å². The molecule has 1 aliphatic heterocycles. The van der Waals surface area contributed by atoms with E-state index in [0.29, 0.717) is 12.5 Å². The van der Waals surface area contributed by atoms with Crippen LogP contribution in [0.1, 0.15) is 38.5 Å². The minimum Gasteiger partial charge on any atom is -0.480 e. The van der Waals surface area contributed by atoms with Crippen molar-refractivity contribution in [3.05, 3.63) is 0 Å². The highest BCUT2D eigenvalue weighted by Gasteiger charge is 2.31. The maximum absolute atomic E-state index is 11.0. The second-order valence-corrected chi connectivity index (χ2v) is 4.84. The van der Waals surface area contributed by atoms with Crippen molar-refractivity contribution in [2.45, 2.75) is 56.7 Å². The zero-order valence-corrected chi connectivity index (χ0v) is 10.3. The highest BCUT2D eigenvalue weighted by Crippen LogP contribution is 2.24. The molecule has 3 N–H and O–H groups in total. The molecule has 0 aromatic heterocycles. The van der Waals surface area contributed by atoms with Crippen LogP contribution in [0.5, 0.6) is 0 Å². The van der Waals surface area contributed by atoms with Gasteiger partial charge in [-0.25, -0.2) is 0 Å². The number of carbonyl (C=O) groups is 2. The summed E-state index contributed by atoms with van der Waals surface area (Å²) in [6.07, 6.45) is 5.98. The Balaban J connectivity index is 2.37. The fourth-order valence-electron chi connectivity index (χ4n) is 2.51. The van der Waals surface area contributed by atoms with Gasteiger partial charge in [-0.1, -0.05) is 0 Å². The maximum Gasteiger partial charge on any atom is 0.320 e. The van der Waals surface area contributed by atoms with Crippen molar-refractivity contribution in [3.8, 4) is 0 Å². The number of hydrogen-bond donors (Lipinski definition) is 2. The number of carboxylic acid groups (broad SMARTS) is 1. The minimum absolute atomic E-state index is 0.309. The molecule has 0 aliphatic carbocycles. The molecule has 1 fully saturated rings. The fraction of sp³-hybridized carbons (Fsp3) is 0.833. The van der Waals surface area contributed by atoms with Gasteiger partial charge in [0.1, 0.15) is 12.3 Å². The lowest BCUT2D eigenvalue weighted by molar-refractivity contribution is -0.145. The third-order valence-corrected chi connectivity index (χ3v) is 3.62. The summed E-state index contributed by atoms with van der Waals surface area (Å²) in [5.41, 5.74) is 5.52.